The topological polar surface area (TPSA) is 85.1 Å². The minimum absolute atomic E-state index is 0.105. The third-order valence-electron chi connectivity index (χ3n) is 2.38. The van der Waals surface area contributed by atoms with E-state index in [0.717, 1.165) is 0 Å². The maximum Gasteiger partial charge on any atom is 0.287 e. The second-order valence-corrected chi connectivity index (χ2v) is 4.58. The summed E-state index contributed by atoms with van der Waals surface area (Å²) < 4.78 is 0. The van der Waals surface area contributed by atoms with E-state index in [9.17, 15) is 14.9 Å². The predicted molar refractivity (Wildman–Crippen MR) is 75.3 cm³/mol. The number of carbonyl (C=O) groups excluding carboxylic acids is 1. The highest BCUT2D eigenvalue weighted by molar-refractivity contribution is 6.33. The Morgan fingerprint density at radius 1 is 1.25 bits per heavy atom. The van der Waals surface area contributed by atoms with Gasteiger partial charge < -0.3 is 5.32 Å². The van der Waals surface area contributed by atoms with Crippen LogP contribution >= 0.6 is 23.2 Å². The lowest BCUT2D eigenvalue weighted by Gasteiger charge is -2.05. The molecule has 0 spiro atoms. The lowest BCUT2D eigenvalue weighted by Crippen LogP contribution is -2.12. The molecule has 1 aromatic heterocycles. The van der Waals surface area contributed by atoms with Crippen LogP contribution in [-0.2, 0) is 0 Å². The zero-order valence-corrected chi connectivity index (χ0v) is 11.4. The Morgan fingerprint density at radius 3 is 2.55 bits per heavy atom. The first-order valence-electron chi connectivity index (χ1n) is 5.34. The van der Waals surface area contributed by atoms with Gasteiger partial charge in [-0.15, -0.1) is 0 Å². The summed E-state index contributed by atoms with van der Waals surface area (Å²) in [6.45, 7) is 0. The average Bonchev–Trinajstić information content (AvgIpc) is 2.40. The zero-order valence-electron chi connectivity index (χ0n) is 9.84. The molecule has 20 heavy (non-hydrogen) atoms. The fourth-order valence-corrected chi connectivity index (χ4v) is 1.80. The highest BCUT2D eigenvalue weighted by atomic mass is 35.5. The molecule has 1 aromatic carbocycles. The number of halogens is 2. The Bertz CT molecular complexity index is 674. The standard InChI is InChI=1S/C12H7Cl2N3O3/c13-8-2-4-11(15-6-8)16-12(18)7-1-3-10(17(19)20)9(14)5-7/h1-6H,(H,15,16,18). The van der Waals surface area contributed by atoms with E-state index >= 15 is 0 Å². The summed E-state index contributed by atoms with van der Waals surface area (Å²) in [5, 5.41) is 13.5. The molecule has 0 unspecified atom stereocenters. The number of nitrogens with zero attached hydrogens (tertiary/aromatic N) is 2. The molecule has 102 valence electrons. The number of nitrogens with one attached hydrogen (secondary N) is 1. The Labute approximate surface area is 123 Å². The third kappa shape index (κ3) is 3.23. The molecule has 0 radical (unpaired) electrons. The molecule has 8 heteroatoms. The van der Waals surface area contributed by atoms with Gasteiger partial charge in [-0.25, -0.2) is 4.98 Å². The van der Waals surface area contributed by atoms with Gasteiger partial charge in [0.2, 0.25) is 0 Å². The van der Waals surface area contributed by atoms with E-state index in [1.165, 1.54) is 30.5 Å². The second-order valence-electron chi connectivity index (χ2n) is 3.74. The van der Waals surface area contributed by atoms with Crippen LogP contribution in [0.4, 0.5) is 11.5 Å². The van der Waals surface area contributed by atoms with Crippen molar-refractivity contribution in [1.29, 1.82) is 0 Å². The van der Waals surface area contributed by atoms with E-state index in [-0.39, 0.29) is 16.3 Å². The maximum absolute atomic E-state index is 11.9. The van der Waals surface area contributed by atoms with Gasteiger partial charge >= 0.3 is 0 Å². The highest BCUT2D eigenvalue weighted by Gasteiger charge is 2.15. The maximum atomic E-state index is 11.9. The van der Waals surface area contributed by atoms with Crippen LogP contribution in [0.15, 0.2) is 36.5 Å². The molecule has 1 N–H and O–H groups in total. The number of pyridine rings is 1. The molecule has 0 saturated carbocycles. The van der Waals surface area contributed by atoms with Gasteiger partial charge in [-0.3, -0.25) is 14.9 Å². The molecule has 0 saturated heterocycles. The number of hydrogen-bond acceptors (Lipinski definition) is 4. The highest BCUT2D eigenvalue weighted by Crippen LogP contribution is 2.25. The van der Waals surface area contributed by atoms with Crippen LogP contribution in [0.25, 0.3) is 0 Å². The lowest BCUT2D eigenvalue weighted by molar-refractivity contribution is -0.384. The fraction of sp³-hybridized carbons (Fsp3) is 0. The number of nitro groups is 1. The minimum atomic E-state index is -0.620. The normalized spacial score (nSPS) is 10.1. The Kier molecular flexibility index (Phi) is 4.16. The number of benzene rings is 1. The van der Waals surface area contributed by atoms with Crippen LogP contribution in [0.5, 0.6) is 0 Å². The van der Waals surface area contributed by atoms with Gasteiger partial charge in [0.25, 0.3) is 11.6 Å². The molecule has 2 rings (SSSR count). The first-order valence-corrected chi connectivity index (χ1v) is 6.10. The number of hydrogen-bond donors (Lipinski definition) is 1. The van der Waals surface area contributed by atoms with E-state index < -0.39 is 10.8 Å². The van der Waals surface area contributed by atoms with E-state index in [1.807, 2.05) is 0 Å². The Hall–Kier alpha value is -2.18. The van der Waals surface area contributed by atoms with Crippen molar-refractivity contribution in [2.24, 2.45) is 0 Å². The Morgan fingerprint density at radius 2 is 2.00 bits per heavy atom. The lowest BCUT2D eigenvalue weighted by atomic mass is 10.2. The van der Waals surface area contributed by atoms with E-state index in [1.54, 1.807) is 6.07 Å². The minimum Gasteiger partial charge on any atom is -0.307 e. The van der Waals surface area contributed by atoms with Crippen LogP contribution < -0.4 is 5.32 Å². The average molecular weight is 312 g/mol. The van der Waals surface area contributed by atoms with Gasteiger partial charge in [-0.1, -0.05) is 23.2 Å². The second kappa shape index (κ2) is 5.85. The number of aromatic nitrogens is 1. The summed E-state index contributed by atoms with van der Waals surface area (Å²) in [4.78, 5) is 25.8. The molecule has 0 aliphatic rings. The smallest absolute Gasteiger partial charge is 0.287 e. The molecule has 0 aliphatic carbocycles. The zero-order chi connectivity index (χ0) is 14.7. The van der Waals surface area contributed by atoms with Crippen molar-refractivity contribution in [2.75, 3.05) is 5.32 Å². The van der Waals surface area contributed by atoms with E-state index in [4.69, 9.17) is 23.2 Å². The summed E-state index contributed by atoms with van der Waals surface area (Å²) in [6, 6.07) is 6.83. The predicted octanol–water partition coefficient (Wildman–Crippen LogP) is 3.55. The van der Waals surface area contributed by atoms with Crippen LogP contribution in [0.1, 0.15) is 10.4 Å². The van der Waals surface area contributed by atoms with Gasteiger partial charge in [0.1, 0.15) is 10.8 Å². The third-order valence-corrected chi connectivity index (χ3v) is 2.90. The van der Waals surface area contributed by atoms with Crippen LogP contribution in [0.2, 0.25) is 10.0 Å². The SMILES string of the molecule is O=C(Nc1ccc(Cl)cn1)c1ccc([N+](=O)[O-])c(Cl)c1. The molecular formula is C12H7Cl2N3O3. The van der Waals surface area contributed by atoms with Crippen molar-refractivity contribution in [3.05, 3.63) is 62.3 Å². The first kappa shape index (κ1) is 14.2. The summed E-state index contributed by atoms with van der Waals surface area (Å²) in [7, 11) is 0. The van der Waals surface area contributed by atoms with Crippen molar-refractivity contribution in [1.82, 2.24) is 4.98 Å². The number of anilines is 1. The molecule has 6 nitrogen and oxygen atoms in total. The quantitative estimate of drug-likeness (QED) is 0.693. The summed E-state index contributed by atoms with van der Waals surface area (Å²) in [5.41, 5.74) is -0.0646. The summed E-state index contributed by atoms with van der Waals surface area (Å²) >= 11 is 11.4. The number of rotatable bonds is 3. The molecule has 2 aromatic rings. The molecule has 0 bridgehead atoms. The van der Waals surface area contributed by atoms with Crippen LogP contribution in [-0.4, -0.2) is 15.8 Å². The first-order chi connectivity index (χ1) is 9.47. The van der Waals surface area contributed by atoms with Crippen molar-refractivity contribution < 1.29 is 9.72 Å². The van der Waals surface area contributed by atoms with Gasteiger partial charge in [-0.05, 0) is 24.3 Å². The Balaban J connectivity index is 2.19. The molecule has 1 amide bonds. The van der Waals surface area contributed by atoms with Gasteiger partial charge in [0.15, 0.2) is 0 Å². The van der Waals surface area contributed by atoms with E-state index in [2.05, 4.69) is 10.3 Å². The summed E-state index contributed by atoms with van der Waals surface area (Å²) in [6.07, 6.45) is 1.39. The van der Waals surface area contributed by atoms with Gasteiger partial charge in [0, 0.05) is 17.8 Å². The van der Waals surface area contributed by atoms with Gasteiger partial charge in [0.05, 0.1) is 9.95 Å². The number of nitro benzene ring substituents is 1. The van der Waals surface area contributed by atoms with Crippen LogP contribution in [0.3, 0.4) is 0 Å². The fourth-order valence-electron chi connectivity index (χ4n) is 1.43. The molecule has 0 fully saturated rings. The largest absolute Gasteiger partial charge is 0.307 e. The van der Waals surface area contributed by atoms with Crippen LogP contribution in [0, 0.1) is 10.1 Å². The van der Waals surface area contributed by atoms with Gasteiger partial charge in [-0.2, -0.15) is 0 Å². The summed E-state index contributed by atoms with van der Waals surface area (Å²) in [5.74, 6) is -0.162. The molecular weight excluding hydrogens is 305 g/mol. The van der Waals surface area contributed by atoms with Crippen molar-refractivity contribution >= 4 is 40.6 Å². The monoisotopic (exact) mass is 311 g/mol. The van der Waals surface area contributed by atoms with Crippen molar-refractivity contribution in [2.45, 2.75) is 0 Å². The number of amides is 1. The molecule has 0 aliphatic heterocycles. The molecule has 1 heterocycles. The van der Waals surface area contributed by atoms with Crippen molar-refractivity contribution in [3.8, 4) is 0 Å². The molecule has 0 atom stereocenters. The van der Waals surface area contributed by atoms with Crippen molar-refractivity contribution in [3.63, 3.8) is 0 Å². The van der Waals surface area contributed by atoms with E-state index in [0.29, 0.717) is 10.8 Å². The number of carbonyl (C=O) groups is 1.